The van der Waals surface area contributed by atoms with Gasteiger partial charge in [0.15, 0.2) is 11.5 Å². The molecular formula is C49H56N6O6. The van der Waals surface area contributed by atoms with Crippen molar-refractivity contribution in [1.82, 2.24) is 25.0 Å². The Morgan fingerprint density at radius 2 is 1.66 bits per heavy atom. The van der Waals surface area contributed by atoms with Gasteiger partial charge >= 0.3 is 0 Å². The standard InChI is InChI=1S/C49H56N6O6/c1-31-8-17-42-39-15-11-33-25-36(56)12-16-38(33)47(39)41(28-49(31,42)2)32-9-13-37(14-10-32)61-23-22-60-21-20-59-19-18-55-29-44(53-54-55)34-6-5-7-35(24-34)52-48-40-26-45(57-3)46(58-4)27-43(40)50-30-51-48/h5-7,9-10,12-14,16,24-27,29-31,39,41-42,47,56H,8,11,15,17-23,28H2,1-4H3,(H,50,51,52)/t31-,39?,41+,42?,47?,49+/m0/s1. The third-order valence-electron chi connectivity index (χ3n) is 13.9. The van der Waals surface area contributed by atoms with Gasteiger partial charge in [-0.1, -0.05) is 49.4 Å². The molecule has 0 radical (unpaired) electrons. The summed E-state index contributed by atoms with van der Waals surface area (Å²) in [6.07, 6.45) is 9.61. The number of nitrogens with zero attached hydrogens (tertiary/aromatic N) is 5. The number of fused-ring (bicyclic) bond motifs is 6. The second-order valence-corrected chi connectivity index (χ2v) is 17.2. The number of phenolic OH excluding ortho intramolecular Hbond substituents is 1. The van der Waals surface area contributed by atoms with Gasteiger partial charge in [0.1, 0.15) is 35.9 Å². The molecule has 6 atom stereocenters. The topological polar surface area (TPSA) is 135 Å². The molecule has 12 heteroatoms. The molecule has 2 saturated carbocycles. The lowest BCUT2D eigenvalue weighted by atomic mass is 9.50. The summed E-state index contributed by atoms with van der Waals surface area (Å²) in [4.78, 5) is 8.88. The summed E-state index contributed by atoms with van der Waals surface area (Å²) in [5.41, 5.74) is 7.82. The van der Waals surface area contributed by atoms with Crippen molar-refractivity contribution in [3.05, 3.63) is 108 Å². The van der Waals surface area contributed by atoms with Gasteiger partial charge < -0.3 is 34.1 Å². The average molecular weight is 825 g/mol. The summed E-state index contributed by atoms with van der Waals surface area (Å²) < 4.78 is 30.5. The van der Waals surface area contributed by atoms with Crippen LogP contribution in [0.2, 0.25) is 0 Å². The number of methoxy groups -OCH3 is 2. The van der Waals surface area contributed by atoms with Gasteiger partial charge in [-0.3, -0.25) is 0 Å². The third-order valence-corrected chi connectivity index (χ3v) is 13.9. The monoisotopic (exact) mass is 824 g/mol. The minimum absolute atomic E-state index is 0.367. The van der Waals surface area contributed by atoms with E-state index in [9.17, 15) is 5.11 Å². The number of anilines is 2. The second-order valence-electron chi connectivity index (χ2n) is 17.2. The molecule has 61 heavy (non-hydrogen) atoms. The van der Waals surface area contributed by atoms with E-state index in [-0.39, 0.29) is 0 Å². The molecule has 3 aliphatic carbocycles. The molecule has 318 valence electrons. The van der Waals surface area contributed by atoms with E-state index in [2.05, 4.69) is 69.8 Å². The fourth-order valence-electron chi connectivity index (χ4n) is 10.7. The summed E-state index contributed by atoms with van der Waals surface area (Å²) >= 11 is 0. The molecule has 0 spiro atoms. The Hall–Kier alpha value is -5.72. The van der Waals surface area contributed by atoms with Gasteiger partial charge in [0.25, 0.3) is 0 Å². The van der Waals surface area contributed by atoms with Crippen molar-refractivity contribution >= 4 is 22.4 Å². The Balaban J connectivity index is 0.715. The zero-order valence-electron chi connectivity index (χ0n) is 35.5. The summed E-state index contributed by atoms with van der Waals surface area (Å²) in [6, 6.07) is 26.6. The molecule has 0 amide bonds. The number of phenols is 1. The number of aromatic nitrogens is 5. The normalized spacial score (nSPS) is 22.9. The summed E-state index contributed by atoms with van der Waals surface area (Å²) in [7, 11) is 3.21. The first kappa shape index (κ1) is 40.7. The van der Waals surface area contributed by atoms with Crippen molar-refractivity contribution < 1.29 is 28.8 Å². The number of hydrogen-bond acceptors (Lipinski definition) is 11. The number of aromatic hydroxyl groups is 1. The van der Waals surface area contributed by atoms with Gasteiger partial charge in [0, 0.05) is 22.7 Å². The summed E-state index contributed by atoms with van der Waals surface area (Å²) in [6.45, 7) is 8.02. The molecule has 0 saturated heterocycles. The Morgan fingerprint density at radius 1 is 0.852 bits per heavy atom. The van der Waals surface area contributed by atoms with Crippen molar-refractivity contribution in [3.63, 3.8) is 0 Å². The highest BCUT2D eigenvalue weighted by Crippen LogP contribution is 2.66. The Morgan fingerprint density at radius 3 is 2.49 bits per heavy atom. The minimum atomic E-state index is 0.367. The molecule has 12 nitrogen and oxygen atoms in total. The Labute approximate surface area is 357 Å². The van der Waals surface area contributed by atoms with E-state index >= 15 is 0 Å². The molecular weight excluding hydrogens is 769 g/mol. The zero-order chi connectivity index (χ0) is 41.9. The molecule has 2 fully saturated rings. The predicted octanol–water partition coefficient (Wildman–Crippen LogP) is 9.35. The first-order chi connectivity index (χ1) is 29.8. The van der Waals surface area contributed by atoms with Crippen LogP contribution < -0.4 is 19.5 Å². The lowest BCUT2D eigenvalue weighted by Gasteiger charge is -2.54. The van der Waals surface area contributed by atoms with Crippen molar-refractivity contribution in [2.45, 2.75) is 64.3 Å². The van der Waals surface area contributed by atoms with Crippen molar-refractivity contribution in [2.24, 2.45) is 23.2 Å². The van der Waals surface area contributed by atoms with Crippen LogP contribution in [0.1, 0.15) is 68.1 Å². The maximum atomic E-state index is 10.3. The van der Waals surface area contributed by atoms with Crippen molar-refractivity contribution in [1.29, 1.82) is 0 Å². The number of benzene rings is 4. The van der Waals surface area contributed by atoms with E-state index in [1.54, 1.807) is 18.9 Å². The molecule has 6 aromatic rings. The van der Waals surface area contributed by atoms with E-state index < -0.39 is 0 Å². The van der Waals surface area contributed by atoms with Gasteiger partial charge in [-0.2, -0.15) is 0 Å². The highest BCUT2D eigenvalue weighted by atomic mass is 16.5. The first-order valence-electron chi connectivity index (χ1n) is 21.7. The van der Waals surface area contributed by atoms with Gasteiger partial charge in [-0.15, -0.1) is 5.10 Å². The van der Waals surface area contributed by atoms with E-state index in [0.717, 1.165) is 51.9 Å². The molecule has 3 aliphatic rings. The lowest BCUT2D eigenvalue weighted by molar-refractivity contribution is 0.0186. The predicted molar refractivity (Wildman–Crippen MR) is 235 cm³/mol. The number of rotatable bonds is 16. The molecule has 3 unspecified atom stereocenters. The molecule has 4 aromatic carbocycles. The van der Waals surface area contributed by atoms with E-state index in [1.165, 1.54) is 48.7 Å². The molecule has 2 aromatic heterocycles. The lowest BCUT2D eigenvalue weighted by Crippen LogP contribution is -2.45. The van der Waals surface area contributed by atoms with Crippen molar-refractivity contribution in [2.75, 3.05) is 52.6 Å². The van der Waals surface area contributed by atoms with E-state index in [4.69, 9.17) is 23.7 Å². The number of ether oxygens (including phenoxy) is 5. The highest BCUT2D eigenvalue weighted by Gasteiger charge is 2.56. The maximum Gasteiger partial charge on any atom is 0.162 e. The number of aryl methyl sites for hydroxylation is 1. The quantitative estimate of drug-likeness (QED) is 0.0905. The zero-order valence-corrected chi connectivity index (χ0v) is 35.5. The van der Waals surface area contributed by atoms with Gasteiger partial charge in [-0.25, -0.2) is 14.6 Å². The van der Waals surface area contributed by atoms with Gasteiger partial charge in [-0.05, 0) is 126 Å². The largest absolute Gasteiger partial charge is 0.508 e. The summed E-state index contributed by atoms with van der Waals surface area (Å²) in [5, 5.41) is 23.2. The van der Waals surface area contributed by atoms with Crippen LogP contribution in [0.25, 0.3) is 22.2 Å². The Kier molecular flexibility index (Phi) is 11.8. The van der Waals surface area contributed by atoms with Crippen molar-refractivity contribution in [3.8, 4) is 34.3 Å². The third kappa shape index (κ3) is 8.35. The van der Waals surface area contributed by atoms with Gasteiger partial charge in [0.05, 0.1) is 58.9 Å². The molecule has 2 N–H and O–H groups in total. The van der Waals surface area contributed by atoms with Crippen LogP contribution in [0.3, 0.4) is 0 Å². The number of hydrogen-bond donors (Lipinski definition) is 2. The van der Waals surface area contributed by atoms with Crippen LogP contribution in [-0.2, 0) is 22.4 Å². The fourth-order valence-corrected chi connectivity index (χ4v) is 10.7. The molecule has 0 aliphatic heterocycles. The average Bonchev–Trinajstić information content (AvgIpc) is 3.88. The number of nitrogens with one attached hydrogen (secondary N) is 1. The molecule has 0 bridgehead atoms. The highest BCUT2D eigenvalue weighted by molar-refractivity contribution is 5.93. The van der Waals surface area contributed by atoms with Crippen LogP contribution in [0, 0.1) is 23.2 Å². The molecule has 9 rings (SSSR count). The van der Waals surface area contributed by atoms with Crippen LogP contribution in [0.4, 0.5) is 11.5 Å². The smallest absolute Gasteiger partial charge is 0.162 e. The van der Waals surface area contributed by atoms with Crippen LogP contribution >= 0.6 is 0 Å². The second kappa shape index (κ2) is 17.7. The first-order valence-corrected chi connectivity index (χ1v) is 21.7. The molecule has 2 heterocycles. The Bertz CT molecular complexity index is 2460. The SMILES string of the molecule is COc1cc2ncnc(Nc3cccc(-c4cn(CCOCCOCCOc5ccc([C@H]6C[C@@]7(C)C(CC[C@@H]7C)C7CCc8cc(O)ccc8C76)cc5)nn4)c3)c2cc1OC. The van der Waals surface area contributed by atoms with E-state index in [1.807, 2.05) is 54.7 Å². The van der Waals surface area contributed by atoms with Crippen LogP contribution in [0.15, 0.2) is 91.4 Å². The van der Waals surface area contributed by atoms with Gasteiger partial charge in [0.2, 0.25) is 0 Å². The minimum Gasteiger partial charge on any atom is -0.508 e. The van der Waals surface area contributed by atoms with Crippen LogP contribution in [-0.4, -0.2) is 77.3 Å². The van der Waals surface area contributed by atoms with Crippen LogP contribution in [0.5, 0.6) is 23.0 Å². The maximum absolute atomic E-state index is 10.3. The van der Waals surface area contributed by atoms with E-state index in [0.29, 0.717) is 85.8 Å². The summed E-state index contributed by atoms with van der Waals surface area (Å²) in [5.74, 6) is 6.26. The fraction of sp³-hybridized carbons (Fsp3) is 0.429.